The largest absolute Gasteiger partial charge is 0.493 e. The number of aliphatic hydroxyl groups is 1. The van der Waals surface area contributed by atoms with E-state index in [1.54, 1.807) is 14.0 Å². The van der Waals surface area contributed by atoms with Gasteiger partial charge in [0.05, 0.1) is 7.11 Å². The number of carbonyl (C=O) groups is 1. The molecule has 0 spiro atoms. The maximum atomic E-state index is 11.5. The van der Waals surface area contributed by atoms with Gasteiger partial charge in [-0.3, -0.25) is 9.69 Å². The number of likely N-dealkylation sites (N-methyl/N-ethyl adjacent to an activating group) is 1. The molecule has 2 rings (SSSR count). The summed E-state index contributed by atoms with van der Waals surface area (Å²) in [5.41, 5.74) is 1.13. The van der Waals surface area contributed by atoms with Gasteiger partial charge in [-0.25, -0.2) is 0 Å². The molecule has 158 valence electrons. The lowest BCUT2D eigenvalue weighted by atomic mass is 10.1. The summed E-state index contributed by atoms with van der Waals surface area (Å²) in [6.07, 6.45) is -0.569. The zero-order chi connectivity index (χ0) is 20.7. The summed E-state index contributed by atoms with van der Waals surface area (Å²) in [4.78, 5) is 17.8. The van der Waals surface area contributed by atoms with Crippen LogP contribution in [0.15, 0.2) is 18.2 Å². The highest BCUT2D eigenvalue weighted by Crippen LogP contribution is 2.29. The maximum Gasteiger partial charge on any atom is 0.219 e. The molecule has 0 aromatic heterocycles. The number of methoxy groups -OCH3 is 1. The molecule has 1 aromatic carbocycles. The number of piperazine rings is 1. The summed E-state index contributed by atoms with van der Waals surface area (Å²) in [6.45, 7) is 10.6. The number of carbonyl (C=O) groups excluding carboxylic acids is 1. The van der Waals surface area contributed by atoms with Crippen LogP contribution in [0, 0.1) is 0 Å². The Morgan fingerprint density at radius 2 is 1.89 bits per heavy atom. The Morgan fingerprint density at radius 1 is 1.21 bits per heavy atom. The molecule has 7 nitrogen and oxygen atoms in total. The monoisotopic (exact) mass is 393 g/mol. The lowest BCUT2D eigenvalue weighted by Gasteiger charge is -2.34. The summed E-state index contributed by atoms with van der Waals surface area (Å²) >= 11 is 0. The highest BCUT2D eigenvalue weighted by Gasteiger charge is 2.19. The summed E-state index contributed by atoms with van der Waals surface area (Å²) in [6, 6.07) is 6.29. The lowest BCUT2D eigenvalue weighted by Crippen LogP contribution is -2.47. The van der Waals surface area contributed by atoms with Gasteiger partial charge in [0, 0.05) is 52.2 Å². The minimum atomic E-state index is -0.569. The van der Waals surface area contributed by atoms with Crippen molar-refractivity contribution in [2.24, 2.45) is 0 Å². The summed E-state index contributed by atoms with van der Waals surface area (Å²) in [7, 11) is 3.60. The van der Waals surface area contributed by atoms with E-state index in [1.165, 1.54) is 0 Å². The SMILES string of the molecule is COc1ccc(CN2CCN(C(C)=O)CC2)cc1OCC(O)CN(C)C(C)C. The third-order valence-corrected chi connectivity index (χ3v) is 5.26. The number of aliphatic hydroxyl groups excluding tert-OH is 1. The fraction of sp³-hybridized carbons (Fsp3) is 0.667. The Kier molecular flexibility index (Phi) is 8.54. The first kappa shape index (κ1) is 22.5. The zero-order valence-electron chi connectivity index (χ0n) is 17.9. The smallest absolute Gasteiger partial charge is 0.219 e. The van der Waals surface area contributed by atoms with E-state index < -0.39 is 6.10 Å². The first-order valence-electron chi connectivity index (χ1n) is 9.96. The normalized spacial score (nSPS) is 16.5. The second-order valence-electron chi connectivity index (χ2n) is 7.77. The molecule has 1 amide bonds. The van der Waals surface area contributed by atoms with Crippen LogP contribution in [0.5, 0.6) is 11.5 Å². The van der Waals surface area contributed by atoms with Crippen molar-refractivity contribution in [3.63, 3.8) is 0 Å². The second kappa shape index (κ2) is 10.6. The van der Waals surface area contributed by atoms with Crippen LogP contribution in [0.2, 0.25) is 0 Å². The van der Waals surface area contributed by atoms with E-state index in [-0.39, 0.29) is 12.5 Å². The average molecular weight is 394 g/mol. The van der Waals surface area contributed by atoms with Crippen molar-refractivity contribution in [3.05, 3.63) is 23.8 Å². The number of ether oxygens (including phenoxy) is 2. The molecular weight excluding hydrogens is 358 g/mol. The fourth-order valence-electron chi connectivity index (χ4n) is 3.19. The number of amides is 1. The standard InChI is InChI=1S/C21H35N3O4/c1-16(2)22(4)14-19(26)15-28-21-12-18(6-7-20(21)27-5)13-23-8-10-24(11-9-23)17(3)25/h6-7,12,16,19,26H,8-11,13-15H2,1-5H3. The van der Waals surface area contributed by atoms with Crippen molar-refractivity contribution < 1.29 is 19.4 Å². The molecule has 1 N–H and O–H groups in total. The molecule has 7 heteroatoms. The van der Waals surface area contributed by atoms with Gasteiger partial charge in [-0.05, 0) is 38.6 Å². The summed E-state index contributed by atoms with van der Waals surface area (Å²) < 4.78 is 11.3. The molecule has 0 bridgehead atoms. The Morgan fingerprint density at radius 3 is 2.46 bits per heavy atom. The number of hydrogen-bond acceptors (Lipinski definition) is 6. The molecule has 28 heavy (non-hydrogen) atoms. The predicted molar refractivity (Wildman–Crippen MR) is 110 cm³/mol. The van der Waals surface area contributed by atoms with E-state index in [9.17, 15) is 9.90 Å². The third kappa shape index (κ3) is 6.65. The lowest BCUT2D eigenvalue weighted by molar-refractivity contribution is -0.130. The van der Waals surface area contributed by atoms with Crippen LogP contribution in [-0.4, -0.2) is 91.3 Å². The highest BCUT2D eigenvalue weighted by molar-refractivity contribution is 5.73. The van der Waals surface area contributed by atoms with Gasteiger partial charge in [0.1, 0.15) is 12.7 Å². The summed E-state index contributed by atoms with van der Waals surface area (Å²) in [5, 5.41) is 10.2. The molecular formula is C21H35N3O4. The minimum absolute atomic E-state index is 0.140. The molecule has 0 aliphatic carbocycles. The zero-order valence-corrected chi connectivity index (χ0v) is 17.9. The van der Waals surface area contributed by atoms with E-state index in [0.717, 1.165) is 38.3 Å². The van der Waals surface area contributed by atoms with Gasteiger partial charge in [-0.15, -0.1) is 0 Å². The van der Waals surface area contributed by atoms with Crippen molar-refractivity contribution in [3.8, 4) is 11.5 Å². The van der Waals surface area contributed by atoms with E-state index in [0.29, 0.717) is 24.1 Å². The van der Waals surface area contributed by atoms with Crippen LogP contribution < -0.4 is 9.47 Å². The molecule has 1 fully saturated rings. The van der Waals surface area contributed by atoms with Gasteiger partial charge in [0.15, 0.2) is 11.5 Å². The highest BCUT2D eigenvalue weighted by atomic mass is 16.5. The van der Waals surface area contributed by atoms with Crippen LogP contribution in [0.3, 0.4) is 0 Å². The van der Waals surface area contributed by atoms with Gasteiger partial charge in [-0.1, -0.05) is 6.07 Å². The van der Waals surface area contributed by atoms with Crippen LogP contribution in [0.4, 0.5) is 0 Å². The fourth-order valence-corrected chi connectivity index (χ4v) is 3.19. The predicted octanol–water partition coefficient (Wildman–Crippen LogP) is 1.44. The maximum absolute atomic E-state index is 11.5. The molecule has 1 atom stereocenters. The average Bonchev–Trinajstić information content (AvgIpc) is 2.66. The van der Waals surface area contributed by atoms with Crippen LogP contribution in [0.1, 0.15) is 26.3 Å². The first-order valence-corrected chi connectivity index (χ1v) is 9.96. The molecule has 1 unspecified atom stereocenters. The number of benzene rings is 1. The first-order chi connectivity index (χ1) is 13.3. The molecule has 0 radical (unpaired) electrons. The summed E-state index contributed by atoms with van der Waals surface area (Å²) in [5.74, 6) is 1.45. The number of nitrogens with zero attached hydrogens (tertiary/aromatic N) is 3. The van der Waals surface area contributed by atoms with E-state index >= 15 is 0 Å². The van der Waals surface area contributed by atoms with E-state index in [1.807, 2.05) is 30.1 Å². The van der Waals surface area contributed by atoms with Gasteiger partial charge in [0.25, 0.3) is 0 Å². The Bertz CT molecular complexity index is 630. The van der Waals surface area contributed by atoms with Crippen molar-refractivity contribution in [2.45, 2.75) is 39.5 Å². The topological polar surface area (TPSA) is 65.5 Å². The quantitative estimate of drug-likeness (QED) is 0.685. The van der Waals surface area contributed by atoms with Crippen LogP contribution >= 0.6 is 0 Å². The molecule has 1 saturated heterocycles. The molecule has 1 aliphatic rings. The molecule has 1 aliphatic heterocycles. The minimum Gasteiger partial charge on any atom is -0.493 e. The van der Waals surface area contributed by atoms with Crippen LogP contribution in [-0.2, 0) is 11.3 Å². The van der Waals surface area contributed by atoms with E-state index in [2.05, 4.69) is 23.6 Å². The van der Waals surface area contributed by atoms with Crippen molar-refractivity contribution in [1.82, 2.24) is 14.7 Å². The Hall–Kier alpha value is -1.83. The number of hydrogen-bond donors (Lipinski definition) is 1. The Labute approximate surface area is 168 Å². The molecule has 1 heterocycles. The Balaban J connectivity index is 1.93. The van der Waals surface area contributed by atoms with Crippen molar-refractivity contribution >= 4 is 5.91 Å². The van der Waals surface area contributed by atoms with Gasteiger partial charge in [-0.2, -0.15) is 0 Å². The molecule has 1 aromatic rings. The third-order valence-electron chi connectivity index (χ3n) is 5.26. The van der Waals surface area contributed by atoms with E-state index in [4.69, 9.17) is 9.47 Å². The van der Waals surface area contributed by atoms with Crippen molar-refractivity contribution in [1.29, 1.82) is 0 Å². The van der Waals surface area contributed by atoms with Gasteiger partial charge in [0.2, 0.25) is 5.91 Å². The van der Waals surface area contributed by atoms with Gasteiger partial charge >= 0.3 is 0 Å². The number of rotatable bonds is 9. The molecule has 0 saturated carbocycles. The van der Waals surface area contributed by atoms with Crippen LogP contribution in [0.25, 0.3) is 0 Å². The van der Waals surface area contributed by atoms with Crippen molar-refractivity contribution in [2.75, 3.05) is 53.5 Å². The van der Waals surface area contributed by atoms with Gasteiger partial charge < -0.3 is 24.4 Å². The second-order valence-corrected chi connectivity index (χ2v) is 7.77.